The van der Waals surface area contributed by atoms with Crippen LogP contribution in [0.3, 0.4) is 0 Å². The fraction of sp³-hybridized carbons (Fsp3) is 0.357. The zero-order chi connectivity index (χ0) is 13.8. The lowest BCUT2D eigenvalue weighted by Gasteiger charge is -2.13. The minimum absolute atomic E-state index is 0.0250. The summed E-state index contributed by atoms with van der Waals surface area (Å²) in [6, 6.07) is 7.87. The Morgan fingerprint density at radius 3 is 3.10 bits per heavy atom. The van der Waals surface area contributed by atoms with Crippen LogP contribution in [0.4, 0.5) is 5.69 Å². The van der Waals surface area contributed by atoms with Gasteiger partial charge in [-0.05, 0) is 31.5 Å². The smallest absolute Gasteiger partial charge is 0.225 e. The highest BCUT2D eigenvalue weighted by Gasteiger charge is 2.18. The highest BCUT2D eigenvalue weighted by atomic mass is 16.1. The van der Waals surface area contributed by atoms with Crippen LogP contribution in [0, 0.1) is 0 Å². The quantitative estimate of drug-likeness (QED) is 0.880. The molecule has 0 aliphatic carbocycles. The van der Waals surface area contributed by atoms with Crippen molar-refractivity contribution in [3.05, 3.63) is 36.9 Å². The van der Waals surface area contributed by atoms with E-state index in [1.807, 2.05) is 24.3 Å². The Morgan fingerprint density at radius 1 is 1.45 bits per heavy atom. The molecule has 6 heteroatoms. The molecule has 0 radical (unpaired) electrons. The van der Waals surface area contributed by atoms with Crippen LogP contribution >= 0.6 is 0 Å². The summed E-state index contributed by atoms with van der Waals surface area (Å²) in [6.45, 7) is 1.01. The molecule has 2 heterocycles. The summed E-state index contributed by atoms with van der Waals surface area (Å²) in [4.78, 5) is 16.0. The first kappa shape index (κ1) is 12.8. The fourth-order valence-electron chi connectivity index (χ4n) is 2.47. The van der Waals surface area contributed by atoms with E-state index in [0.29, 0.717) is 12.5 Å². The summed E-state index contributed by atoms with van der Waals surface area (Å²) in [5.41, 5.74) is 1.57. The monoisotopic (exact) mass is 271 g/mol. The zero-order valence-corrected chi connectivity index (χ0v) is 11.1. The fourth-order valence-corrected chi connectivity index (χ4v) is 2.47. The lowest BCUT2D eigenvalue weighted by atomic mass is 10.1. The van der Waals surface area contributed by atoms with Gasteiger partial charge in [0.1, 0.15) is 12.7 Å². The number of carbonyl (C=O) groups is 1. The third kappa shape index (κ3) is 2.85. The summed E-state index contributed by atoms with van der Waals surface area (Å²) in [5, 5.41) is 10.4. The Kier molecular flexibility index (Phi) is 3.73. The lowest BCUT2D eigenvalue weighted by molar-refractivity contribution is -0.116. The number of nitrogens with one attached hydrogen (secondary N) is 2. The van der Waals surface area contributed by atoms with Gasteiger partial charge in [-0.25, -0.2) is 9.67 Å². The SMILES string of the molecule is O=C(CC1CCCN1)Nc1ccccc1-n1cncn1. The van der Waals surface area contributed by atoms with Crippen LogP contribution < -0.4 is 10.6 Å². The Morgan fingerprint density at radius 2 is 2.35 bits per heavy atom. The summed E-state index contributed by atoms with van der Waals surface area (Å²) < 4.78 is 1.64. The molecule has 1 aliphatic heterocycles. The molecule has 1 aliphatic rings. The summed E-state index contributed by atoms with van der Waals surface area (Å²) in [5.74, 6) is 0.0250. The highest BCUT2D eigenvalue weighted by Crippen LogP contribution is 2.19. The van der Waals surface area contributed by atoms with Crippen molar-refractivity contribution in [2.24, 2.45) is 0 Å². The second-order valence-electron chi connectivity index (χ2n) is 4.90. The number of amides is 1. The topological polar surface area (TPSA) is 71.8 Å². The lowest BCUT2D eigenvalue weighted by Crippen LogP contribution is -2.27. The van der Waals surface area contributed by atoms with Gasteiger partial charge in [0.25, 0.3) is 0 Å². The molecular weight excluding hydrogens is 254 g/mol. The van der Waals surface area contributed by atoms with Gasteiger partial charge in [0, 0.05) is 12.5 Å². The van der Waals surface area contributed by atoms with E-state index in [2.05, 4.69) is 20.7 Å². The largest absolute Gasteiger partial charge is 0.324 e. The molecule has 1 aromatic heterocycles. The van der Waals surface area contributed by atoms with Crippen LogP contribution in [-0.4, -0.2) is 33.3 Å². The third-order valence-electron chi connectivity index (χ3n) is 3.44. The molecule has 1 amide bonds. The van der Waals surface area contributed by atoms with E-state index in [1.54, 1.807) is 11.0 Å². The van der Waals surface area contributed by atoms with Crippen molar-refractivity contribution in [2.75, 3.05) is 11.9 Å². The van der Waals surface area contributed by atoms with Crippen molar-refractivity contribution in [3.63, 3.8) is 0 Å². The Bertz CT molecular complexity index is 575. The van der Waals surface area contributed by atoms with Gasteiger partial charge in [-0.15, -0.1) is 0 Å². The maximum atomic E-state index is 12.1. The number of aromatic nitrogens is 3. The summed E-state index contributed by atoms with van der Waals surface area (Å²) in [7, 11) is 0. The van der Waals surface area contributed by atoms with E-state index >= 15 is 0 Å². The molecule has 3 rings (SSSR count). The minimum atomic E-state index is 0.0250. The number of hydrogen-bond donors (Lipinski definition) is 2. The van der Waals surface area contributed by atoms with Crippen LogP contribution in [0.1, 0.15) is 19.3 Å². The third-order valence-corrected chi connectivity index (χ3v) is 3.44. The van der Waals surface area contributed by atoms with Gasteiger partial charge >= 0.3 is 0 Å². The Hall–Kier alpha value is -2.21. The van der Waals surface area contributed by atoms with Crippen LogP contribution in [0.15, 0.2) is 36.9 Å². The maximum Gasteiger partial charge on any atom is 0.225 e. The molecule has 20 heavy (non-hydrogen) atoms. The molecule has 2 N–H and O–H groups in total. The molecule has 2 aromatic rings. The Balaban J connectivity index is 1.72. The first-order chi connectivity index (χ1) is 9.83. The number of rotatable bonds is 4. The Labute approximate surface area is 117 Å². The molecule has 0 bridgehead atoms. The summed E-state index contributed by atoms with van der Waals surface area (Å²) in [6.07, 6.45) is 5.81. The van der Waals surface area contributed by atoms with Gasteiger partial charge < -0.3 is 10.6 Å². The predicted molar refractivity (Wildman–Crippen MR) is 75.6 cm³/mol. The highest BCUT2D eigenvalue weighted by molar-refractivity contribution is 5.93. The van der Waals surface area contributed by atoms with Crippen LogP contribution in [-0.2, 0) is 4.79 Å². The molecular formula is C14H17N5O. The average Bonchev–Trinajstić information content (AvgIpc) is 3.11. The van der Waals surface area contributed by atoms with Crippen molar-refractivity contribution in [1.29, 1.82) is 0 Å². The predicted octanol–water partition coefficient (Wildman–Crippen LogP) is 1.35. The number of nitrogens with zero attached hydrogens (tertiary/aromatic N) is 3. The van der Waals surface area contributed by atoms with Gasteiger partial charge in [0.05, 0.1) is 11.4 Å². The van der Waals surface area contributed by atoms with Gasteiger partial charge in [0.2, 0.25) is 5.91 Å². The van der Waals surface area contributed by atoms with E-state index in [9.17, 15) is 4.79 Å². The minimum Gasteiger partial charge on any atom is -0.324 e. The molecule has 0 spiro atoms. The zero-order valence-electron chi connectivity index (χ0n) is 11.1. The second kappa shape index (κ2) is 5.83. The van der Waals surface area contributed by atoms with Gasteiger partial charge in [-0.2, -0.15) is 5.10 Å². The van der Waals surface area contributed by atoms with Gasteiger partial charge in [-0.3, -0.25) is 4.79 Å². The van der Waals surface area contributed by atoms with Crippen molar-refractivity contribution < 1.29 is 4.79 Å². The molecule has 1 saturated heterocycles. The normalized spacial score (nSPS) is 18.1. The average molecular weight is 271 g/mol. The first-order valence-corrected chi connectivity index (χ1v) is 6.80. The van der Waals surface area contributed by atoms with Gasteiger partial charge in [-0.1, -0.05) is 12.1 Å². The van der Waals surface area contributed by atoms with Crippen molar-refractivity contribution >= 4 is 11.6 Å². The van der Waals surface area contributed by atoms with Crippen molar-refractivity contribution in [2.45, 2.75) is 25.3 Å². The first-order valence-electron chi connectivity index (χ1n) is 6.80. The molecule has 1 aromatic carbocycles. The van der Waals surface area contributed by atoms with E-state index < -0.39 is 0 Å². The van der Waals surface area contributed by atoms with Crippen molar-refractivity contribution in [1.82, 2.24) is 20.1 Å². The number of anilines is 1. The standard InChI is InChI=1S/C14H17N5O/c20-14(8-11-4-3-7-16-11)18-12-5-1-2-6-13(12)19-10-15-9-17-19/h1-2,5-6,9-11,16H,3-4,7-8H2,(H,18,20). The van der Waals surface area contributed by atoms with Crippen LogP contribution in [0.2, 0.25) is 0 Å². The molecule has 1 atom stereocenters. The second-order valence-corrected chi connectivity index (χ2v) is 4.90. The molecule has 6 nitrogen and oxygen atoms in total. The van der Waals surface area contributed by atoms with Gasteiger partial charge in [0.15, 0.2) is 0 Å². The number of carbonyl (C=O) groups excluding carboxylic acids is 1. The van der Waals surface area contributed by atoms with Crippen LogP contribution in [0.5, 0.6) is 0 Å². The maximum absolute atomic E-state index is 12.1. The molecule has 1 unspecified atom stereocenters. The molecule has 1 fully saturated rings. The van der Waals surface area contributed by atoms with Crippen LogP contribution in [0.25, 0.3) is 5.69 Å². The number of para-hydroxylation sites is 2. The number of hydrogen-bond acceptors (Lipinski definition) is 4. The van der Waals surface area contributed by atoms with E-state index in [0.717, 1.165) is 30.8 Å². The van der Waals surface area contributed by atoms with E-state index in [4.69, 9.17) is 0 Å². The summed E-state index contributed by atoms with van der Waals surface area (Å²) >= 11 is 0. The van der Waals surface area contributed by atoms with Crippen molar-refractivity contribution in [3.8, 4) is 5.69 Å². The molecule has 104 valence electrons. The number of benzene rings is 1. The van der Waals surface area contributed by atoms with E-state index in [1.165, 1.54) is 6.33 Å². The van der Waals surface area contributed by atoms with E-state index in [-0.39, 0.29) is 5.91 Å². The molecule has 0 saturated carbocycles.